The number of aromatic nitrogens is 1. The molecule has 5 aliphatic rings. The lowest BCUT2D eigenvalue weighted by atomic mass is 9.71. The Morgan fingerprint density at radius 3 is 1.78 bits per heavy atom. The normalized spacial score (nSPS) is 29.2. The molecule has 0 radical (unpaired) electrons. The Kier molecular flexibility index (Phi) is 18.5. The lowest BCUT2D eigenvalue weighted by Crippen LogP contribution is -3.00. The van der Waals surface area contributed by atoms with Crippen molar-refractivity contribution in [3.8, 4) is 0 Å². The number of hydrogen-bond donors (Lipinski definition) is 1. The van der Waals surface area contributed by atoms with Crippen molar-refractivity contribution in [3.63, 3.8) is 0 Å². The first-order valence-electron chi connectivity index (χ1n) is 21.1. The van der Waals surface area contributed by atoms with Crippen molar-refractivity contribution in [1.29, 1.82) is 0 Å². The predicted octanol–water partition coefficient (Wildman–Crippen LogP) is 4.62. The summed E-state index contributed by atoms with van der Waals surface area (Å²) in [4.78, 5) is 24.1. The van der Waals surface area contributed by atoms with Crippen LogP contribution in [-0.2, 0) is 77.2 Å². The minimum Gasteiger partial charge on any atom is -1.00 e. The van der Waals surface area contributed by atoms with Crippen LogP contribution < -0.4 is 28.5 Å². The number of nitrogens with zero attached hydrogens (tertiary/aromatic N) is 1. The highest BCUT2D eigenvalue weighted by molar-refractivity contribution is 6.28. The molecule has 4 saturated heterocycles. The summed E-state index contributed by atoms with van der Waals surface area (Å²) in [5.74, 6) is -2.67. The standard InChI is InChI=1S/C21H28O6.C15H18O6.C6H7ClN.C6H12O.HI/c1-19(2,3)24-15-11-14(22)21(15)17(23-12-13-9-7-6-8-10-13)16-18(27-21)26-20(4,5)25-16;1-15(2)20-12-10(11(13(16)17)19-14(12)21-15)18-8-9-6-4-3-5-7-9;1-8-5-3-2-4-6(8)7;1-5-7-6(2,3)4;/h6-10,15-18H,11-12H2,1-5H3;3-7,10-12,14H,8H2,1-2H3,(H,16,17);2-5H,1H3;5H,1H2,2-4H3;1H/q;;+1;;/p-1/t15?,16-,17?,18-,21+;10-,11?,12+,14+;;;/m00.../s1. The highest BCUT2D eigenvalue weighted by Crippen LogP contribution is 2.52. The maximum atomic E-state index is 12.8. The molecule has 4 aliphatic heterocycles. The van der Waals surface area contributed by atoms with Crippen LogP contribution in [0.5, 0.6) is 0 Å². The van der Waals surface area contributed by atoms with Crippen molar-refractivity contribution >= 4 is 23.4 Å². The van der Waals surface area contributed by atoms with Crippen molar-refractivity contribution < 1.29 is 90.6 Å². The Hall–Kier alpha value is -3.07. The molecule has 14 nitrogen and oxygen atoms in total. The van der Waals surface area contributed by atoms with Crippen LogP contribution in [0.1, 0.15) is 86.8 Å². The van der Waals surface area contributed by atoms with Gasteiger partial charge in [0, 0.05) is 18.6 Å². The Labute approximate surface area is 399 Å². The highest BCUT2D eigenvalue weighted by Gasteiger charge is 2.73. The van der Waals surface area contributed by atoms with E-state index in [-0.39, 0.29) is 41.5 Å². The van der Waals surface area contributed by atoms with Crippen LogP contribution >= 0.6 is 11.6 Å². The van der Waals surface area contributed by atoms with E-state index in [1.165, 1.54) is 6.26 Å². The molecule has 1 N–H and O–H groups in total. The summed E-state index contributed by atoms with van der Waals surface area (Å²) in [6.45, 7) is 23.1. The third-order valence-corrected chi connectivity index (χ3v) is 10.5. The van der Waals surface area contributed by atoms with Crippen LogP contribution in [0.2, 0.25) is 5.15 Å². The number of carboxylic acids is 1. The van der Waals surface area contributed by atoms with Gasteiger partial charge in [-0.1, -0.05) is 67.2 Å². The average Bonchev–Trinajstić information content (AvgIpc) is 3.88. The van der Waals surface area contributed by atoms with Gasteiger partial charge in [-0.25, -0.2) is 4.79 Å². The Bertz CT molecular complexity index is 1950. The van der Waals surface area contributed by atoms with Crippen molar-refractivity contribution in [3.05, 3.63) is 114 Å². The van der Waals surface area contributed by atoms with Crippen LogP contribution in [0.15, 0.2) is 97.9 Å². The summed E-state index contributed by atoms with van der Waals surface area (Å²) in [6, 6.07) is 25.1. The zero-order valence-electron chi connectivity index (χ0n) is 38.7. The van der Waals surface area contributed by atoms with Crippen LogP contribution in [-0.4, -0.2) is 94.4 Å². The monoisotopic (exact) mass is 1030 g/mol. The molecule has 2 aromatic carbocycles. The molecule has 1 aliphatic carbocycles. The van der Waals surface area contributed by atoms with Gasteiger partial charge in [0.15, 0.2) is 47.8 Å². The fourth-order valence-electron chi connectivity index (χ4n) is 7.48. The number of carbonyl (C=O) groups excluding carboxylic acids is 1. The molecule has 0 bridgehead atoms. The second-order valence-corrected chi connectivity index (χ2v) is 19.0. The molecule has 8 rings (SSSR count). The number of hydrogen-bond acceptors (Lipinski definition) is 12. The Morgan fingerprint density at radius 1 is 0.797 bits per heavy atom. The quantitative estimate of drug-likeness (QED) is 0.138. The van der Waals surface area contributed by atoms with Crippen LogP contribution in [0.25, 0.3) is 0 Å². The first-order chi connectivity index (χ1) is 29.4. The van der Waals surface area contributed by atoms with Crippen molar-refractivity contribution in [2.75, 3.05) is 0 Å². The maximum absolute atomic E-state index is 12.8. The van der Waals surface area contributed by atoms with Crippen molar-refractivity contribution in [2.24, 2.45) is 7.05 Å². The molecule has 3 aromatic rings. The van der Waals surface area contributed by atoms with E-state index in [1.807, 2.05) is 152 Å². The second kappa shape index (κ2) is 22.2. The minimum absolute atomic E-state index is 0. The van der Waals surface area contributed by atoms with Crippen molar-refractivity contribution in [1.82, 2.24) is 0 Å². The molecular formula is C48H65ClINO13. The summed E-state index contributed by atoms with van der Waals surface area (Å²) in [5.41, 5.74) is 0.345. The summed E-state index contributed by atoms with van der Waals surface area (Å²) in [5, 5.41) is 10.0. The van der Waals surface area contributed by atoms with E-state index >= 15 is 0 Å². The van der Waals surface area contributed by atoms with Gasteiger partial charge in [-0.15, -0.1) is 0 Å². The third kappa shape index (κ3) is 14.2. The zero-order chi connectivity index (χ0) is 46.4. The van der Waals surface area contributed by atoms with Crippen LogP contribution in [0.3, 0.4) is 0 Å². The van der Waals surface area contributed by atoms with E-state index < -0.39 is 71.8 Å². The van der Waals surface area contributed by atoms with Gasteiger partial charge in [-0.3, -0.25) is 4.79 Å². The molecule has 64 heavy (non-hydrogen) atoms. The first-order valence-corrected chi connectivity index (χ1v) is 21.5. The van der Waals surface area contributed by atoms with Gasteiger partial charge < -0.3 is 76.5 Å². The number of rotatable bonds is 9. The molecule has 5 fully saturated rings. The SMILES string of the molecule is C=COC(C)(C)C.CC(C)(C)OC1CC(=O)[C@@]12O[C@@H]1OC(C)(C)O[C@H]1C2OCc1ccccc1.CC1(C)O[C@H]2OC(C(=O)O)[C@H](OCc3ccccc3)[C@H]2O1.C[n+]1ccccc1Cl.[I-]. The zero-order valence-corrected chi connectivity index (χ0v) is 41.6. The van der Waals surface area contributed by atoms with Gasteiger partial charge in [0.05, 0.1) is 30.7 Å². The minimum atomic E-state index is -1.17. The van der Waals surface area contributed by atoms with Crippen LogP contribution in [0.4, 0.5) is 0 Å². The number of halogens is 2. The molecule has 1 spiro atoms. The fraction of sp³-hybridized carbons (Fsp3) is 0.562. The predicted molar refractivity (Wildman–Crippen MR) is 232 cm³/mol. The lowest BCUT2D eigenvalue weighted by Gasteiger charge is -2.49. The van der Waals surface area contributed by atoms with Gasteiger partial charge in [0.2, 0.25) is 0 Å². The molecule has 16 heteroatoms. The fourth-order valence-corrected chi connectivity index (χ4v) is 7.61. The Morgan fingerprint density at radius 2 is 1.33 bits per heavy atom. The van der Waals surface area contributed by atoms with E-state index in [2.05, 4.69) is 6.58 Å². The number of ketones is 1. The first kappa shape index (κ1) is 53.5. The summed E-state index contributed by atoms with van der Waals surface area (Å²) in [7, 11) is 1.91. The average molecular weight is 1030 g/mol. The van der Waals surface area contributed by atoms with Gasteiger partial charge in [-0.2, -0.15) is 4.57 Å². The smallest absolute Gasteiger partial charge is 0.335 e. The summed E-state index contributed by atoms with van der Waals surface area (Å²) < 4.78 is 59.8. The summed E-state index contributed by atoms with van der Waals surface area (Å²) in [6.07, 6.45) is -1.44. The van der Waals surface area contributed by atoms with Crippen LogP contribution in [0, 0.1) is 0 Å². The topological polar surface area (TPSA) is 151 Å². The number of carboxylic acid groups (broad SMARTS) is 1. The molecular weight excluding hydrogens is 961 g/mol. The van der Waals surface area contributed by atoms with Crippen molar-refractivity contribution in [2.45, 2.75) is 166 Å². The van der Waals surface area contributed by atoms with Gasteiger partial charge >= 0.3 is 5.97 Å². The molecule has 354 valence electrons. The lowest BCUT2D eigenvalue weighted by molar-refractivity contribution is -0.669. The summed E-state index contributed by atoms with van der Waals surface area (Å²) >= 11 is 5.67. The number of benzene rings is 2. The molecule has 9 atom stereocenters. The van der Waals surface area contributed by atoms with Gasteiger partial charge in [0.25, 0.3) is 5.15 Å². The van der Waals surface area contributed by atoms with E-state index in [0.29, 0.717) is 19.6 Å². The van der Waals surface area contributed by atoms with E-state index in [1.54, 1.807) is 13.8 Å². The number of ether oxygens (including phenoxy) is 10. The number of fused-ring (bicyclic) bond motifs is 2. The second-order valence-electron chi connectivity index (χ2n) is 18.6. The Balaban J connectivity index is 0.000000214. The third-order valence-electron chi connectivity index (χ3n) is 10.1. The van der Waals surface area contributed by atoms with E-state index in [4.69, 9.17) is 59.0 Å². The maximum Gasteiger partial charge on any atom is 0.335 e. The van der Waals surface area contributed by atoms with E-state index in [0.717, 1.165) is 16.3 Å². The number of Topliss-reactive ketones (excluding diaryl/α,β-unsaturated/α-hetero) is 1. The molecule has 5 heterocycles. The molecule has 3 unspecified atom stereocenters. The van der Waals surface area contributed by atoms with Gasteiger partial charge in [-0.05, 0) is 98.0 Å². The number of pyridine rings is 1. The molecule has 1 saturated carbocycles. The van der Waals surface area contributed by atoms with E-state index in [9.17, 15) is 14.7 Å². The number of aliphatic carboxylic acids is 1. The largest absolute Gasteiger partial charge is 1.00 e. The number of carbonyl (C=O) groups is 2. The highest BCUT2D eigenvalue weighted by atomic mass is 127. The molecule has 0 amide bonds. The molecule has 1 aromatic heterocycles. The number of aryl methyl sites for hydroxylation is 1. The van der Waals surface area contributed by atoms with Gasteiger partial charge in [0.1, 0.15) is 37.6 Å².